The van der Waals surface area contributed by atoms with Crippen LogP contribution in [0.15, 0.2) is 46.9 Å². The van der Waals surface area contributed by atoms with E-state index in [1.807, 2.05) is 31.2 Å². The summed E-state index contributed by atoms with van der Waals surface area (Å²) in [7, 11) is 0. The number of phenolic OH excluding ortho intramolecular Hbond substituents is 1. The monoisotopic (exact) mass is 321 g/mol. The number of nitrogens with two attached hydrogens (primary N) is 1. The molecular formula is C15H16BrNO2. The van der Waals surface area contributed by atoms with Gasteiger partial charge in [-0.05, 0) is 36.8 Å². The smallest absolute Gasteiger partial charge is 0.125 e. The summed E-state index contributed by atoms with van der Waals surface area (Å²) < 4.78 is 6.75. The van der Waals surface area contributed by atoms with E-state index in [9.17, 15) is 5.11 Å². The number of rotatable bonds is 4. The van der Waals surface area contributed by atoms with Gasteiger partial charge in [-0.15, -0.1) is 0 Å². The molecule has 0 unspecified atom stereocenters. The Labute approximate surface area is 121 Å². The molecule has 0 aromatic heterocycles. The van der Waals surface area contributed by atoms with E-state index in [1.54, 1.807) is 18.2 Å². The predicted octanol–water partition coefficient (Wildman–Crippen LogP) is 3.75. The minimum Gasteiger partial charge on any atom is -0.508 e. The molecule has 4 heteroatoms. The fraction of sp³-hybridized carbons (Fsp3) is 0.200. The van der Waals surface area contributed by atoms with E-state index < -0.39 is 0 Å². The van der Waals surface area contributed by atoms with Gasteiger partial charge in [0.25, 0.3) is 0 Å². The molecule has 3 N–H and O–H groups in total. The van der Waals surface area contributed by atoms with E-state index in [4.69, 9.17) is 10.5 Å². The van der Waals surface area contributed by atoms with Crippen molar-refractivity contribution in [2.45, 2.75) is 19.6 Å². The van der Waals surface area contributed by atoms with Crippen LogP contribution in [-0.4, -0.2) is 5.11 Å². The minimum atomic E-state index is -0.0905. The zero-order chi connectivity index (χ0) is 13.8. The highest BCUT2D eigenvalue weighted by molar-refractivity contribution is 9.10. The van der Waals surface area contributed by atoms with Crippen LogP contribution in [0.4, 0.5) is 0 Å². The first-order valence-corrected chi connectivity index (χ1v) is 6.81. The maximum atomic E-state index is 9.41. The van der Waals surface area contributed by atoms with Gasteiger partial charge in [-0.2, -0.15) is 0 Å². The summed E-state index contributed by atoms with van der Waals surface area (Å²) in [5, 5.41) is 9.41. The number of halogens is 1. The quantitative estimate of drug-likeness (QED) is 0.901. The highest BCUT2D eigenvalue weighted by Gasteiger charge is 2.09. The van der Waals surface area contributed by atoms with Crippen LogP contribution in [0.1, 0.15) is 24.1 Å². The molecule has 0 amide bonds. The molecule has 0 radical (unpaired) electrons. The van der Waals surface area contributed by atoms with Crippen LogP contribution in [0, 0.1) is 0 Å². The van der Waals surface area contributed by atoms with Crippen molar-refractivity contribution in [3.8, 4) is 11.5 Å². The average Bonchev–Trinajstić information content (AvgIpc) is 2.36. The first kappa shape index (κ1) is 13.9. The van der Waals surface area contributed by atoms with E-state index in [-0.39, 0.29) is 11.8 Å². The molecule has 0 aliphatic heterocycles. The lowest BCUT2D eigenvalue weighted by atomic mass is 10.1. The molecule has 1 atom stereocenters. The zero-order valence-electron chi connectivity index (χ0n) is 10.6. The van der Waals surface area contributed by atoms with Crippen LogP contribution in [0.3, 0.4) is 0 Å². The third kappa shape index (κ3) is 3.72. The van der Waals surface area contributed by atoms with E-state index >= 15 is 0 Å². The van der Waals surface area contributed by atoms with E-state index in [0.717, 1.165) is 21.3 Å². The van der Waals surface area contributed by atoms with Crippen LogP contribution in [0.25, 0.3) is 0 Å². The van der Waals surface area contributed by atoms with Crippen molar-refractivity contribution in [2.75, 3.05) is 0 Å². The molecule has 2 aromatic rings. The second-order valence-corrected chi connectivity index (χ2v) is 5.35. The molecule has 0 saturated carbocycles. The van der Waals surface area contributed by atoms with Crippen molar-refractivity contribution >= 4 is 15.9 Å². The van der Waals surface area contributed by atoms with Gasteiger partial charge in [-0.3, -0.25) is 0 Å². The third-order valence-corrected chi connectivity index (χ3v) is 3.26. The van der Waals surface area contributed by atoms with Gasteiger partial charge >= 0.3 is 0 Å². The van der Waals surface area contributed by atoms with Crippen LogP contribution in [0.5, 0.6) is 11.5 Å². The van der Waals surface area contributed by atoms with E-state index in [0.29, 0.717) is 6.61 Å². The lowest BCUT2D eigenvalue weighted by molar-refractivity contribution is 0.300. The van der Waals surface area contributed by atoms with Gasteiger partial charge in [0.05, 0.1) is 0 Å². The maximum absolute atomic E-state index is 9.41. The first-order valence-electron chi connectivity index (χ1n) is 6.02. The summed E-state index contributed by atoms with van der Waals surface area (Å²) in [6.45, 7) is 2.31. The first-order chi connectivity index (χ1) is 9.06. The number of benzene rings is 2. The summed E-state index contributed by atoms with van der Waals surface area (Å²) in [5.41, 5.74) is 7.80. The molecule has 3 nitrogen and oxygen atoms in total. The Morgan fingerprint density at radius 2 is 2.05 bits per heavy atom. The Bertz CT molecular complexity index is 570. The largest absolute Gasteiger partial charge is 0.508 e. The van der Waals surface area contributed by atoms with Gasteiger partial charge in [0.15, 0.2) is 0 Å². The fourth-order valence-electron chi connectivity index (χ4n) is 1.82. The summed E-state index contributed by atoms with van der Waals surface area (Å²) in [6.07, 6.45) is 0. The number of ether oxygens (including phenoxy) is 1. The maximum Gasteiger partial charge on any atom is 0.125 e. The third-order valence-electron chi connectivity index (χ3n) is 2.77. The summed E-state index contributed by atoms with van der Waals surface area (Å²) in [4.78, 5) is 0. The summed E-state index contributed by atoms with van der Waals surface area (Å²) in [6, 6.07) is 12.7. The Morgan fingerprint density at radius 3 is 2.74 bits per heavy atom. The molecule has 0 saturated heterocycles. The number of hydrogen-bond acceptors (Lipinski definition) is 3. The number of aromatic hydroxyl groups is 1. The van der Waals surface area contributed by atoms with Crippen molar-refractivity contribution in [3.05, 3.63) is 58.1 Å². The van der Waals surface area contributed by atoms with Gasteiger partial charge < -0.3 is 15.6 Å². The second kappa shape index (κ2) is 6.08. The Balaban J connectivity index is 2.17. The van der Waals surface area contributed by atoms with Crippen LogP contribution in [-0.2, 0) is 6.61 Å². The van der Waals surface area contributed by atoms with Gasteiger partial charge in [-0.25, -0.2) is 0 Å². The molecule has 0 aliphatic rings. The summed E-state index contributed by atoms with van der Waals surface area (Å²) >= 11 is 3.42. The van der Waals surface area contributed by atoms with Crippen molar-refractivity contribution in [1.82, 2.24) is 0 Å². The molecule has 0 bridgehead atoms. The standard InChI is InChI=1S/C15H16BrNO2/c1-10(17)14-6-5-12(16)8-15(14)19-9-11-3-2-4-13(18)7-11/h2-8,10,18H,9,17H2,1H3/t10-/m0/s1. The Morgan fingerprint density at radius 1 is 1.26 bits per heavy atom. The molecule has 0 aliphatic carbocycles. The molecule has 0 fully saturated rings. The second-order valence-electron chi connectivity index (χ2n) is 4.43. The molecule has 100 valence electrons. The molecule has 0 spiro atoms. The van der Waals surface area contributed by atoms with Crippen molar-refractivity contribution in [3.63, 3.8) is 0 Å². The van der Waals surface area contributed by atoms with Crippen LogP contribution >= 0.6 is 15.9 Å². The Hall–Kier alpha value is -1.52. The lowest BCUT2D eigenvalue weighted by Crippen LogP contribution is -2.08. The van der Waals surface area contributed by atoms with Crippen LogP contribution in [0.2, 0.25) is 0 Å². The number of phenols is 1. The van der Waals surface area contributed by atoms with Crippen molar-refractivity contribution in [1.29, 1.82) is 0 Å². The van der Waals surface area contributed by atoms with Crippen LogP contribution < -0.4 is 10.5 Å². The highest BCUT2D eigenvalue weighted by atomic mass is 79.9. The summed E-state index contributed by atoms with van der Waals surface area (Å²) in [5.74, 6) is 0.996. The SMILES string of the molecule is C[C@H](N)c1ccc(Br)cc1OCc1cccc(O)c1. The molecule has 2 rings (SSSR count). The normalized spacial score (nSPS) is 12.2. The molecule has 0 heterocycles. The van der Waals surface area contributed by atoms with Crippen molar-refractivity contribution < 1.29 is 9.84 Å². The topological polar surface area (TPSA) is 55.5 Å². The molecular weight excluding hydrogens is 306 g/mol. The van der Waals surface area contributed by atoms with E-state index in [2.05, 4.69) is 15.9 Å². The predicted molar refractivity (Wildman–Crippen MR) is 79.2 cm³/mol. The fourth-order valence-corrected chi connectivity index (χ4v) is 2.16. The number of hydrogen-bond donors (Lipinski definition) is 2. The lowest BCUT2D eigenvalue weighted by Gasteiger charge is -2.14. The van der Waals surface area contributed by atoms with Crippen molar-refractivity contribution in [2.24, 2.45) is 5.73 Å². The van der Waals surface area contributed by atoms with Gasteiger partial charge in [0, 0.05) is 16.1 Å². The van der Waals surface area contributed by atoms with Gasteiger partial charge in [-0.1, -0.05) is 34.1 Å². The van der Waals surface area contributed by atoms with Gasteiger partial charge in [0.2, 0.25) is 0 Å². The Kier molecular flexibility index (Phi) is 4.45. The van der Waals surface area contributed by atoms with Gasteiger partial charge in [0.1, 0.15) is 18.1 Å². The minimum absolute atomic E-state index is 0.0905. The molecule has 2 aromatic carbocycles. The average molecular weight is 322 g/mol. The molecule has 19 heavy (non-hydrogen) atoms. The van der Waals surface area contributed by atoms with E-state index in [1.165, 1.54) is 0 Å². The zero-order valence-corrected chi connectivity index (χ0v) is 12.2. The highest BCUT2D eigenvalue weighted by Crippen LogP contribution is 2.28.